The van der Waals surface area contributed by atoms with Gasteiger partial charge in [-0.2, -0.15) is 0 Å². The van der Waals surface area contributed by atoms with Crippen LogP contribution in [-0.4, -0.2) is 36.1 Å². The molecule has 9 nitrogen and oxygen atoms in total. The van der Waals surface area contributed by atoms with Gasteiger partial charge in [-0.3, -0.25) is 19.7 Å². The number of benzene rings is 2. The van der Waals surface area contributed by atoms with Gasteiger partial charge in [-0.15, -0.1) is 0 Å². The molecule has 0 bridgehead atoms. The first-order valence-electron chi connectivity index (χ1n) is 8.30. The topological polar surface area (TPSA) is 128 Å². The molecular weight excluding hydrogens is 368 g/mol. The van der Waals surface area contributed by atoms with E-state index in [-0.39, 0.29) is 18.5 Å². The van der Waals surface area contributed by atoms with E-state index in [9.17, 15) is 24.8 Å². The number of hydrogen-bond donors (Lipinski definition) is 2. The first-order valence-corrected chi connectivity index (χ1v) is 8.30. The standard InChI is InChI=1S/C19H20N2O7/c1-27-14-6-7-15(17(10-14)28-2)16(11-19(23)24)20-18(22)9-12-4-3-5-13(8-12)21(25)26/h3-8,10,16H,9,11H2,1-2H3,(H,20,22)(H,23,24). The van der Waals surface area contributed by atoms with E-state index in [2.05, 4.69) is 5.32 Å². The summed E-state index contributed by atoms with van der Waals surface area (Å²) in [7, 11) is 2.92. The molecular formula is C19H20N2O7. The Morgan fingerprint density at radius 1 is 1.18 bits per heavy atom. The summed E-state index contributed by atoms with van der Waals surface area (Å²) in [6.45, 7) is 0. The second-order valence-corrected chi connectivity index (χ2v) is 5.93. The number of carbonyl (C=O) groups excluding carboxylic acids is 1. The number of non-ortho nitro benzene ring substituents is 1. The highest BCUT2D eigenvalue weighted by atomic mass is 16.6. The first-order chi connectivity index (χ1) is 13.3. The smallest absolute Gasteiger partial charge is 0.305 e. The molecule has 2 aromatic rings. The Balaban J connectivity index is 2.22. The number of hydrogen-bond acceptors (Lipinski definition) is 6. The Labute approximate surface area is 161 Å². The molecule has 148 valence electrons. The lowest BCUT2D eigenvalue weighted by Gasteiger charge is -2.20. The van der Waals surface area contributed by atoms with Crippen LogP contribution in [0.2, 0.25) is 0 Å². The maximum absolute atomic E-state index is 12.4. The van der Waals surface area contributed by atoms with Gasteiger partial charge in [-0.25, -0.2) is 0 Å². The van der Waals surface area contributed by atoms with Crippen molar-refractivity contribution in [3.63, 3.8) is 0 Å². The van der Waals surface area contributed by atoms with Crippen molar-refractivity contribution in [1.82, 2.24) is 5.32 Å². The van der Waals surface area contributed by atoms with E-state index < -0.39 is 22.8 Å². The third kappa shape index (κ3) is 5.44. The van der Waals surface area contributed by atoms with Gasteiger partial charge in [0.2, 0.25) is 5.91 Å². The Morgan fingerprint density at radius 3 is 2.54 bits per heavy atom. The second kappa shape index (κ2) is 9.36. The number of nitro groups is 1. The Bertz CT molecular complexity index is 882. The fourth-order valence-electron chi connectivity index (χ4n) is 2.73. The second-order valence-electron chi connectivity index (χ2n) is 5.93. The first kappa shape index (κ1) is 20.7. The van der Waals surface area contributed by atoms with Crippen molar-refractivity contribution in [3.05, 3.63) is 63.7 Å². The van der Waals surface area contributed by atoms with Gasteiger partial charge in [-0.05, 0) is 17.7 Å². The van der Waals surface area contributed by atoms with Crippen LogP contribution in [-0.2, 0) is 16.0 Å². The van der Waals surface area contributed by atoms with Crippen LogP contribution in [0.4, 0.5) is 5.69 Å². The van der Waals surface area contributed by atoms with Gasteiger partial charge in [0.25, 0.3) is 5.69 Å². The van der Waals surface area contributed by atoms with Crippen molar-refractivity contribution >= 4 is 17.6 Å². The number of ether oxygens (including phenoxy) is 2. The van der Waals surface area contributed by atoms with Crippen LogP contribution in [0.15, 0.2) is 42.5 Å². The van der Waals surface area contributed by atoms with E-state index in [1.54, 1.807) is 24.3 Å². The molecule has 28 heavy (non-hydrogen) atoms. The minimum Gasteiger partial charge on any atom is -0.497 e. The van der Waals surface area contributed by atoms with E-state index in [0.717, 1.165) is 0 Å². The summed E-state index contributed by atoms with van der Waals surface area (Å²) >= 11 is 0. The number of nitrogens with one attached hydrogen (secondary N) is 1. The van der Waals surface area contributed by atoms with Gasteiger partial charge >= 0.3 is 5.97 Å². The lowest BCUT2D eigenvalue weighted by atomic mass is 10.0. The number of nitro benzene ring substituents is 1. The molecule has 1 unspecified atom stereocenters. The van der Waals surface area contributed by atoms with Crippen molar-refractivity contribution in [2.75, 3.05) is 14.2 Å². The molecule has 0 heterocycles. The van der Waals surface area contributed by atoms with Crippen LogP contribution < -0.4 is 14.8 Å². The molecule has 0 spiro atoms. The molecule has 0 aromatic heterocycles. The quantitative estimate of drug-likeness (QED) is 0.499. The van der Waals surface area contributed by atoms with Crippen LogP contribution in [0.1, 0.15) is 23.6 Å². The van der Waals surface area contributed by atoms with E-state index in [4.69, 9.17) is 9.47 Å². The summed E-state index contributed by atoms with van der Waals surface area (Å²) in [4.78, 5) is 34.0. The molecule has 0 radical (unpaired) electrons. The lowest BCUT2D eigenvalue weighted by molar-refractivity contribution is -0.384. The summed E-state index contributed by atoms with van der Waals surface area (Å²) in [6.07, 6.45) is -0.486. The third-order valence-corrected chi connectivity index (χ3v) is 4.02. The van der Waals surface area contributed by atoms with Crippen molar-refractivity contribution < 1.29 is 29.1 Å². The predicted molar refractivity (Wildman–Crippen MR) is 99.5 cm³/mol. The molecule has 0 aliphatic rings. The minimum absolute atomic E-state index is 0.121. The van der Waals surface area contributed by atoms with Crippen LogP contribution >= 0.6 is 0 Å². The van der Waals surface area contributed by atoms with Gasteiger partial charge in [0.05, 0.1) is 38.0 Å². The van der Waals surface area contributed by atoms with Crippen LogP contribution in [0.25, 0.3) is 0 Å². The summed E-state index contributed by atoms with van der Waals surface area (Å²) < 4.78 is 10.4. The summed E-state index contributed by atoms with van der Waals surface area (Å²) in [5.41, 5.74) is 0.810. The van der Waals surface area contributed by atoms with Crippen molar-refractivity contribution in [2.45, 2.75) is 18.9 Å². The fraction of sp³-hybridized carbons (Fsp3) is 0.263. The highest BCUT2D eigenvalue weighted by Gasteiger charge is 2.22. The highest BCUT2D eigenvalue weighted by molar-refractivity contribution is 5.80. The Hall–Kier alpha value is -3.62. The molecule has 0 fully saturated rings. The zero-order chi connectivity index (χ0) is 20.7. The van der Waals surface area contributed by atoms with E-state index in [0.29, 0.717) is 22.6 Å². The van der Waals surface area contributed by atoms with Crippen LogP contribution in [0.5, 0.6) is 11.5 Å². The summed E-state index contributed by atoms with van der Waals surface area (Å²) in [5.74, 6) is -0.665. The maximum atomic E-state index is 12.4. The van der Waals surface area contributed by atoms with Gasteiger partial charge in [0.15, 0.2) is 0 Å². The van der Waals surface area contributed by atoms with Gasteiger partial charge in [0, 0.05) is 23.8 Å². The average Bonchev–Trinajstić information content (AvgIpc) is 2.66. The molecule has 0 aliphatic heterocycles. The van der Waals surface area contributed by atoms with Gasteiger partial charge < -0.3 is 19.9 Å². The molecule has 2 aromatic carbocycles. The number of aliphatic carboxylic acids is 1. The van der Waals surface area contributed by atoms with Gasteiger partial charge in [-0.1, -0.05) is 12.1 Å². The largest absolute Gasteiger partial charge is 0.497 e. The number of carboxylic acids is 1. The van der Waals surface area contributed by atoms with Crippen molar-refractivity contribution in [3.8, 4) is 11.5 Å². The summed E-state index contributed by atoms with van der Waals surface area (Å²) in [6, 6.07) is 9.73. The third-order valence-electron chi connectivity index (χ3n) is 4.02. The fourth-order valence-corrected chi connectivity index (χ4v) is 2.73. The number of methoxy groups -OCH3 is 2. The molecule has 0 saturated carbocycles. The maximum Gasteiger partial charge on any atom is 0.305 e. The predicted octanol–water partition coefficient (Wildman–Crippen LogP) is 2.49. The van der Waals surface area contributed by atoms with E-state index in [1.165, 1.54) is 32.4 Å². The zero-order valence-corrected chi connectivity index (χ0v) is 15.4. The molecule has 9 heteroatoms. The molecule has 0 saturated heterocycles. The average molecular weight is 388 g/mol. The minimum atomic E-state index is -1.10. The zero-order valence-electron chi connectivity index (χ0n) is 15.4. The SMILES string of the molecule is COc1ccc(C(CC(=O)O)NC(=O)Cc2cccc([N+](=O)[O-])c2)c(OC)c1. The van der Waals surface area contributed by atoms with E-state index >= 15 is 0 Å². The molecule has 1 amide bonds. The molecule has 1 atom stereocenters. The van der Waals surface area contributed by atoms with Gasteiger partial charge in [0.1, 0.15) is 11.5 Å². The van der Waals surface area contributed by atoms with Crippen molar-refractivity contribution in [2.24, 2.45) is 0 Å². The van der Waals surface area contributed by atoms with Crippen LogP contribution in [0.3, 0.4) is 0 Å². The molecule has 0 aliphatic carbocycles. The number of amides is 1. The summed E-state index contributed by atoms with van der Waals surface area (Å²) in [5, 5.41) is 22.7. The normalized spacial score (nSPS) is 11.4. The molecule has 2 rings (SSSR count). The number of carboxylic acid groups (broad SMARTS) is 1. The van der Waals surface area contributed by atoms with Crippen LogP contribution in [0, 0.1) is 10.1 Å². The number of nitrogens with zero attached hydrogens (tertiary/aromatic N) is 1. The monoisotopic (exact) mass is 388 g/mol. The Morgan fingerprint density at radius 2 is 1.93 bits per heavy atom. The number of rotatable bonds is 9. The number of carbonyl (C=O) groups is 2. The van der Waals surface area contributed by atoms with E-state index in [1.807, 2.05) is 0 Å². The lowest BCUT2D eigenvalue weighted by Crippen LogP contribution is -2.31. The highest BCUT2D eigenvalue weighted by Crippen LogP contribution is 2.31. The Kier molecular flexibility index (Phi) is 6.91. The van der Waals surface area contributed by atoms with Crippen molar-refractivity contribution in [1.29, 1.82) is 0 Å². The molecule has 2 N–H and O–H groups in total.